The van der Waals surface area contributed by atoms with E-state index in [1.807, 2.05) is 0 Å². The van der Waals surface area contributed by atoms with Crippen LogP contribution >= 0.6 is 0 Å². The van der Waals surface area contributed by atoms with Gasteiger partial charge in [-0.1, -0.05) is 6.92 Å². The van der Waals surface area contributed by atoms with Crippen LogP contribution in [0.5, 0.6) is 0 Å². The molecule has 1 heterocycles. The van der Waals surface area contributed by atoms with Crippen molar-refractivity contribution in [3.8, 4) is 0 Å². The molecule has 72 valence electrons. The zero-order valence-electron chi connectivity index (χ0n) is 8.87. The normalized spacial score (nSPS) is 43.5. The van der Waals surface area contributed by atoms with E-state index >= 15 is 0 Å². The van der Waals surface area contributed by atoms with Gasteiger partial charge in [-0.15, -0.1) is 0 Å². The first-order chi connectivity index (χ1) is 5.52. The van der Waals surface area contributed by atoms with Crippen LogP contribution in [0.1, 0.15) is 27.2 Å². The minimum atomic E-state index is 0.381. The van der Waals surface area contributed by atoms with Gasteiger partial charge in [-0.05, 0) is 40.3 Å². The van der Waals surface area contributed by atoms with E-state index in [0.717, 1.165) is 0 Å². The van der Waals surface area contributed by atoms with Crippen molar-refractivity contribution >= 4 is 0 Å². The first-order valence-corrected chi connectivity index (χ1v) is 4.84. The molecular formula is C10H21NO. The van der Waals surface area contributed by atoms with Crippen molar-refractivity contribution in [3.05, 3.63) is 0 Å². The number of hydrogen-bond acceptors (Lipinski definition) is 2. The van der Waals surface area contributed by atoms with Gasteiger partial charge in [0.05, 0.1) is 12.2 Å². The maximum absolute atomic E-state index is 5.83. The molecule has 0 aromatic carbocycles. The predicted molar refractivity (Wildman–Crippen MR) is 51.3 cm³/mol. The van der Waals surface area contributed by atoms with Gasteiger partial charge in [-0.25, -0.2) is 0 Å². The molecule has 0 aromatic heterocycles. The monoisotopic (exact) mass is 171 g/mol. The molecule has 0 spiro atoms. The van der Waals surface area contributed by atoms with Crippen LogP contribution in [0.25, 0.3) is 0 Å². The number of nitrogens with zero attached hydrogens (tertiary/aromatic N) is 1. The Bertz CT molecular complexity index is 147. The summed E-state index contributed by atoms with van der Waals surface area (Å²) in [6.45, 7) is 6.62. The second-order valence-electron chi connectivity index (χ2n) is 4.29. The van der Waals surface area contributed by atoms with Crippen molar-refractivity contribution in [3.63, 3.8) is 0 Å². The maximum Gasteiger partial charge on any atom is 0.0705 e. The zero-order chi connectivity index (χ0) is 9.30. The number of hydrogen-bond donors (Lipinski definition) is 0. The summed E-state index contributed by atoms with van der Waals surface area (Å²) in [5.41, 5.74) is 0. The van der Waals surface area contributed by atoms with Gasteiger partial charge in [-0.2, -0.15) is 0 Å². The predicted octanol–water partition coefficient (Wildman–Crippen LogP) is 1.75. The molecule has 1 fully saturated rings. The van der Waals surface area contributed by atoms with Gasteiger partial charge in [0.2, 0.25) is 0 Å². The lowest BCUT2D eigenvalue weighted by atomic mass is 9.90. The average molecular weight is 171 g/mol. The van der Waals surface area contributed by atoms with E-state index < -0.39 is 0 Å². The molecule has 0 N–H and O–H groups in total. The van der Waals surface area contributed by atoms with Crippen molar-refractivity contribution in [2.75, 3.05) is 14.1 Å². The van der Waals surface area contributed by atoms with Crippen molar-refractivity contribution in [1.29, 1.82) is 0 Å². The standard InChI is InChI=1S/C10H21NO/c1-7-6-10(11(4)5)9(3)12-8(7)2/h7-10H,6H2,1-5H3/t7?,8-,9+,10-/m0/s1. The van der Waals surface area contributed by atoms with Crippen LogP contribution in [0.4, 0.5) is 0 Å². The molecule has 0 aromatic rings. The molecule has 0 aliphatic carbocycles. The highest BCUT2D eigenvalue weighted by Crippen LogP contribution is 2.26. The summed E-state index contributed by atoms with van der Waals surface area (Å²) >= 11 is 0. The van der Waals surface area contributed by atoms with Gasteiger partial charge < -0.3 is 9.64 Å². The quantitative estimate of drug-likeness (QED) is 0.596. The molecule has 0 radical (unpaired) electrons. The Balaban J connectivity index is 2.55. The Hall–Kier alpha value is -0.0800. The molecule has 0 amide bonds. The summed E-state index contributed by atoms with van der Waals surface area (Å²) in [5, 5.41) is 0. The summed E-state index contributed by atoms with van der Waals surface area (Å²) in [6.07, 6.45) is 2.07. The lowest BCUT2D eigenvalue weighted by Crippen LogP contribution is -2.47. The first kappa shape index (κ1) is 10.0. The Morgan fingerprint density at radius 3 is 2.17 bits per heavy atom. The third-order valence-electron chi connectivity index (χ3n) is 3.05. The maximum atomic E-state index is 5.83. The third-order valence-corrected chi connectivity index (χ3v) is 3.05. The number of likely N-dealkylation sites (N-methyl/N-ethyl adjacent to an activating group) is 1. The van der Waals surface area contributed by atoms with Crippen LogP contribution in [0, 0.1) is 5.92 Å². The van der Waals surface area contributed by atoms with E-state index in [-0.39, 0.29) is 0 Å². The van der Waals surface area contributed by atoms with E-state index in [4.69, 9.17) is 4.74 Å². The summed E-state index contributed by atoms with van der Waals surface area (Å²) in [4.78, 5) is 2.27. The second kappa shape index (κ2) is 3.75. The average Bonchev–Trinajstić information content (AvgIpc) is 1.96. The molecule has 1 rings (SSSR count). The summed E-state index contributed by atoms with van der Waals surface area (Å²) < 4.78 is 5.83. The van der Waals surface area contributed by atoms with E-state index in [0.29, 0.717) is 24.2 Å². The molecule has 1 saturated heterocycles. The van der Waals surface area contributed by atoms with Crippen LogP contribution in [0.3, 0.4) is 0 Å². The van der Waals surface area contributed by atoms with E-state index in [1.165, 1.54) is 6.42 Å². The van der Waals surface area contributed by atoms with Crippen LogP contribution < -0.4 is 0 Å². The molecule has 0 saturated carbocycles. The van der Waals surface area contributed by atoms with Gasteiger partial charge in [0.15, 0.2) is 0 Å². The minimum Gasteiger partial charge on any atom is -0.374 e. The lowest BCUT2D eigenvalue weighted by Gasteiger charge is -2.40. The first-order valence-electron chi connectivity index (χ1n) is 4.84. The molecule has 12 heavy (non-hydrogen) atoms. The van der Waals surface area contributed by atoms with Crippen LogP contribution in [-0.2, 0) is 4.74 Å². The van der Waals surface area contributed by atoms with Gasteiger partial charge in [0.1, 0.15) is 0 Å². The van der Waals surface area contributed by atoms with Crippen molar-refractivity contribution < 1.29 is 4.74 Å². The number of ether oxygens (including phenoxy) is 1. The molecule has 0 bridgehead atoms. The topological polar surface area (TPSA) is 12.5 Å². The van der Waals surface area contributed by atoms with E-state index in [9.17, 15) is 0 Å². The van der Waals surface area contributed by atoms with Gasteiger partial charge in [-0.3, -0.25) is 0 Å². The Morgan fingerprint density at radius 2 is 1.67 bits per heavy atom. The molecular weight excluding hydrogens is 150 g/mol. The van der Waals surface area contributed by atoms with E-state index in [1.54, 1.807) is 0 Å². The molecule has 2 heteroatoms. The van der Waals surface area contributed by atoms with Crippen molar-refractivity contribution in [1.82, 2.24) is 4.90 Å². The Morgan fingerprint density at radius 1 is 1.08 bits per heavy atom. The van der Waals surface area contributed by atoms with Crippen molar-refractivity contribution in [2.24, 2.45) is 5.92 Å². The largest absolute Gasteiger partial charge is 0.374 e. The summed E-state index contributed by atoms with van der Waals surface area (Å²) in [5.74, 6) is 0.689. The van der Waals surface area contributed by atoms with E-state index in [2.05, 4.69) is 39.8 Å². The second-order valence-corrected chi connectivity index (χ2v) is 4.29. The number of rotatable bonds is 1. The lowest BCUT2D eigenvalue weighted by molar-refractivity contribution is -0.0991. The highest BCUT2D eigenvalue weighted by atomic mass is 16.5. The smallest absolute Gasteiger partial charge is 0.0705 e. The Kier molecular flexibility index (Phi) is 3.13. The third kappa shape index (κ3) is 1.99. The van der Waals surface area contributed by atoms with Gasteiger partial charge in [0, 0.05) is 6.04 Å². The fourth-order valence-corrected chi connectivity index (χ4v) is 1.96. The summed E-state index contributed by atoms with van der Waals surface area (Å²) in [6, 6.07) is 0.594. The van der Waals surface area contributed by atoms with Gasteiger partial charge >= 0.3 is 0 Å². The van der Waals surface area contributed by atoms with Crippen molar-refractivity contribution in [2.45, 2.75) is 45.4 Å². The Labute approximate surface area is 75.9 Å². The fraction of sp³-hybridized carbons (Fsp3) is 1.00. The zero-order valence-corrected chi connectivity index (χ0v) is 8.87. The highest BCUT2D eigenvalue weighted by Gasteiger charge is 2.31. The van der Waals surface area contributed by atoms with Gasteiger partial charge in [0.25, 0.3) is 0 Å². The molecule has 1 aliphatic rings. The molecule has 1 aliphatic heterocycles. The SMILES string of the molecule is CC1C[C@H](N(C)C)[C@@H](C)O[C@H]1C. The van der Waals surface area contributed by atoms with Crippen LogP contribution in [0.15, 0.2) is 0 Å². The minimum absolute atomic E-state index is 0.381. The summed E-state index contributed by atoms with van der Waals surface area (Å²) in [7, 11) is 4.26. The molecule has 4 atom stereocenters. The highest BCUT2D eigenvalue weighted by molar-refractivity contribution is 4.83. The molecule has 1 unspecified atom stereocenters. The fourth-order valence-electron chi connectivity index (χ4n) is 1.96. The van der Waals surface area contributed by atoms with Crippen LogP contribution in [0.2, 0.25) is 0 Å². The van der Waals surface area contributed by atoms with Crippen LogP contribution in [-0.4, -0.2) is 37.2 Å². The molecule has 2 nitrogen and oxygen atoms in total.